The van der Waals surface area contributed by atoms with Crippen LogP contribution in [0.1, 0.15) is 42.4 Å². The van der Waals surface area contributed by atoms with E-state index in [-0.39, 0.29) is 11.9 Å². The fraction of sp³-hybridized carbons (Fsp3) is 0.300. The van der Waals surface area contributed by atoms with Crippen LogP contribution in [0.4, 0.5) is 0 Å². The van der Waals surface area contributed by atoms with E-state index in [1.54, 1.807) is 13.1 Å². The van der Waals surface area contributed by atoms with E-state index in [0.717, 1.165) is 17.0 Å². The number of aryl methyl sites for hydroxylation is 2. The van der Waals surface area contributed by atoms with Crippen LogP contribution in [0.2, 0.25) is 0 Å². The van der Waals surface area contributed by atoms with E-state index in [9.17, 15) is 4.79 Å². The number of carbonyl (C=O) groups excluding carboxylic acids is 1. The summed E-state index contributed by atoms with van der Waals surface area (Å²) in [6.07, 6.45) is 2.46. The van der Waals surface area contributed by atoms with Crippen LogP contribution in [-0.4, -0.2) is 21.0 Å². The lowest BCUT2D eigenvalue weighted by molar-refractivity contribution is -0.121. The third-order valence-corrected chi connectivity index (χ3v) is 3.98. The van der Waals surface area contributed by atoms with Gasteiger partial charge in [0.15, 0.2) is 5.82 Å². The van der Waals surface area contributed by atoms with Crippen molar-refractivity contribution in [1.82, 2.24) is 20.4 Å². The SMILES string of the molecule is Cc1noc(CCC(=O)NC(C)c2cccc(OCc3ccccn3)c2)n1. The summed E-state index contributed by atoms with van der Waals surface area (Å²) >= 11 is 0. The predicted molar refractivity (Wildman–Crippen MR) is 98.9 cm³/mol. The quantitative estimate of drug-likeness (QED) is 0.659. The van der Waals surface area contributed by atoms with E-state index < -0.39 is 0 Å². The highest BCUT2D eigenvalue weighted by molar-refractivity contribution is 5.76. The Kier molecular flexibility index (Phi) is 6.14. The third kappa shape index (κ3) is 5.64. The van der Waals surface area contributed by atoms with Gasteiger partial charge in [0, 0.05) is 19.0 Å². The van der Waals surface area contributed by atoms with Crippen LogP contribution in [0.3, 0.4) is 0 Å². The molecule has 1 amide bonds. The second kappa shape index (κ2) is 8.93. The molecule has 0 radical (unpaired) electrons. The number of hydrogen-bond acceptors (Lipinski definition) is 6. The molecule has 1 atom stereocenters. The lowest BCUT2D eigenvalue weighted by Crippen LogP contribution is -2.26. The monoisotopic (exact) mass is 366 g/mol. The number of nitrogens with zero attached hydrogens (tertiary/aromatic N) is 3. The Bertz CT molecular complexity index is 880. The number of benzene rings is 1. The van der Waals surface area contributed by atoms with Crippen molar-refractivity contribution >= 4 is 5.91 Å². The summed E-state index contributed by atoms with van der Waals surface area (Å²) in [6.45, 7) is 4.08. The van der Waals surface area contributed by atoms with E-state index in [1.807, 2.05) is 49.4 Å². The highest BCUT2D eigenvalue weighted by atomic mass is 16.5. The highest BCUT2D eigenvalue weighted by Gasteiger charge is 2.12. The van der Waals surface area contributed by atoms with Gasteiger partial charge in [-0.2, -0.15) is 4.98 Å². The average Bonchev–Trinajstić information content (AvgIpc) is 3.11. The van der Waals surface area contributed by atoms with Gasteiger partial charge in [0.1, 0.15) is 12.4 Å². The van der Waals surface area contributed by atoms with E-state index in [2.05, 4.69) is 20.4 Å². The molecule has 2 heterocycles. The number of carbonyl (C=O) groups is 1. The van der Waals surface area contributed by atoms with Crippen molar-refractivity contribution in [3.8, 4) is 5.75 Å². The molecule has 2 aromatic heterocycles. The highest BCUT2D eigenvalue weighted by Crippen LogP contribution is 2.20. The first-order valence-corrected chi connectivity index (χ1v) is 8.81. The molecule has 140 valence electrons. The van der Waals surface area contributed by atoms with E-state index >= 15 is 0 Å². The van der Waals surface area contributed by atoms with Crippen LogP contribution in [0.15, 0.2) is 53.2 Å². The Morgan fingerprint density at radius 3 is 2.89 bits per heavy atom. The molecule has 0 spiro atoms. The normalized spacial score (nSPS) is 11.8. The minimum atomic E-state index is -0.139. The lowest BCUT2D eigenvalue weighted by Gasteiger charge is -2.15. The van der Waals surface area contributed by atoms with Gasteiger partial charge in [-0.05, 0) is 43.7 Å². The van der Waals surface area contributed by atoms with Gasteiger partial charge in [-0.3, -0.25) is 9.78 Å². The Morgan fingerprint density at radius 2 is 2.15 bits per heavy atom. The molecule has 27 heavy (non-hydrogen) atoms. The van der Waals surface area contributed by atoms with Crippen molar-refractivity contribution in [2.24, 2.45) is 0 Å². The average molecular weight is 366 g/mol. The molecule has 1 aromatic carbocycles. The van der Waals surface area contributed by atoms with Crippen molar-refractivity contribution < 1.29 is 14.1 Å². The van der Waals surface area contributed by atoms with Gasteiger partial charge in [0.2, 0.25) is 11.8 Å². The van der Waals surface area contributed by atoms with Crippen LogP contribution >= 0.6 is 0 Å². The molecule has 1 N–H and O–H groups in total. The molecule has 3 aromatic rings. The molecule has 0 aliphatic heterocycles. The molecule has 0 aliphatic carbocycles. The van der Waals surface area contributed by atoms with Crippen LogP contribution in [0.25, 0.3) is 0 Å². The fourth-order valence-electron chi connectivity index (χ4n) is 2.57. The maximum absolute atomic E-state index is 12.2. The van der Waals surface area contributed by atoms with Crippen molar-refractivity contribution in [3.63, 3.8) is 0 Å². The first kappa shape index (κ1) is 18.6. The van der Waals surface area contributed by atoms with Crippen molar-refractivity contribution in [2.45, 2.75) is 39.3 Å². The zero-order valence-electron chi connectivity index (χ0n) is 15.4. The standard InChI is InChI=1S/C20H22N4O3/c1-14(22-19(25)9-10-20-23-15(2)24-27-20)16-6-5-8-18(12-16)26-13-17-7-3-4-11-21-17/h3-8,11-12,14H,9-10,13H2,1-2H3,(H,22,25). The van der Waals surface area contributed by atoms with Crippen LogP contribution in [0, 0.1) is 6.92 Å². The Balaban J connectivity index is 1.51. The van der Waals surface area contributed by atoms with Crippen molar-refractivity contribution in [1.29, 1.82) is 0 Å². The van der Waals surface area contributed by atoms with Crippen molar-refractivity contribution in [2.75, 3.05) is 0 Å². The zero-order chi connectivity index (χ0) is 19.1. The number of nitrogens with one attached hydrogen (secondary N) is 1. The molecule has 0 bridgehead atoms. The third-order valence-electron chi connectivity index (χ3n) is 3.98. The van der Waals surface area contributed by atoms with Gasteiger partial charge in [0.05, 0.1) is 11.7 Å². The largest absolute Gasteiger partial charge is 0.487 e. The number of aromatic nitrogens is 3. The summed E-state index contributed by atoms with van der Waals surface area (Å²) in [7, 11) is 0. The summed E-state index contributed by atoms with van der Waals surface area (Å²) in [6, 6.07) is 13.3. The number of rotatable bonds is 8. The number of amides is 1. The van der Waals surface area contributed by atoms with Gasteiger partial charge in [-0.1, -0.05) is 23.4 Å². The summed E-state index contributed by atoms with van der Waals surface area (Å²) in [5.41, 5.74) is 1.83. The Morgan fingerprint density at radius 1 is 1.26 bits per heavy atom. The minimum absolute atomic E-state index is 0.0711. The minimum Gasteiger partial charge on any atom is -0.487 e. The van der Waals surface area contributed by atoms with Gasteiger partial charge in [-0.15, -0.1) is 0 Å². The van der Waals surface area contributed by atoms with Gasteiger partial charge < -0.3 is 14.6 Å². The van der Waals surface area contributed by atoms with Gasteiger partial charge >= 0.3 is 0 Å². The molecular weight excluding hydrogens is 344 g/mol. The summed E-state index contributed by atoms with van der Waals surface area (Å²) in [4.78, 5) is 20.5. The zero-order valence-corrected chi connectivity index (χ0v) is 15.4. The molecule has 0 saturated carbocycles. The lowest BCUT2D eigenvalue weighted by atomic mass is 10.1. The maximum atomic E-state index is 12.2. The van der Waals surface area contributed by atoms with Gasteiger partial charge in [-0.25, -0.2) is 0 Å². The molecule has 7 heteroatoms. The smallest absolute Gasteiger partial charge is 0.227 e. The summed E-state index contributed by atoms with van der Waals surface area (Å²) < 4.78 is 10.8. The van der Waals surface area contributed by atoms with E-state index in [0.29, 0.717) is 31.2 Å². The predicted octanol–water partition coefficient (Wildman–Crippen LogP) is 3.16. The van der Waals surface area contributed by atoms with Crippen LogP contribution < -0.4 is 10.1 Å². The summed E-state index contributed by atoms with van der Waals surface area (Å²) in [5.74, 6) is 1.71. The van der Waals surface area contributed by atoms with E-state index in [1.165, 1.54) is 0 Å². The number of ether oxygens (including phenoxy) is 1. The fourth-order valence-corrected chi connectivity index (χ4v) is 2.57. The molecule has 0 fully saturated rings. The molecule has 0 saturated heterocycles. The molecule has 3 rings (SSSR count). The van der Waals surface area contributed by atoms with Crippen LogP contribution in [0.5, 0.6) is 5.75 Å². The van der Waals surface area contributed by atoms with Gasteiger partial charge in [0.25, 0.3) is 0 Å². The first-order valence-electron chi connectivity index (χ1n) is 8.81. The molecule has 7 nitrogen and oxygen atoms in total. The number of pyridine rings is 1. The topological polar surface area (TPSA) is 90.1 Å². The first-order chi connectivity index (χ1) is 13.1. The molecule has 0 aliphatic rings. The Hall–Kier alpha value is -3.22. The maximum Gasteiger partial charge on any atom is 0.227 e. The second-order valence-corrected chi connectivity index (χ2v) is 6.21. The summed E-state index contributed by atoms with van der Waals surface area (Å²) in [5, 5.41) is 6.69. The van der Waals surface area contributed by atoms with Crippen molar-refractivity contribution in [3.05, 3.63) is 71.6 Å². The van der Waals surface area contributed by atoms with E-state index in [4.69, 9.17) is 9.26 Å². The van der Waals surface area contributed by atoms with Crippen LogP contribution in [-0.2, 0) is 17.8 Å². The second-order valence-electron chi connectivity index (χ2n) is 6.21. The molecular formula is C20H22N4O3. The molecule has 1 unspecified atom stereocenters. The number of hydrogen-bond donors (Lipinski definition) is 1. The Labute approximate surface area is 157 Å².